The van der Waals surface area contributed by atoms with Crippen LogP contribution in [0.3, 0.4) is 0 Å². The van der Waals surface area contributed by atoms with Crippen molar-refractivity contribution in [1.29, 1.82) is 0 Å². The van der Waals surface area contributed by atoms with E-state index in [1.165, 1.54) is 16.9 Å². The van der Waals surface area contributed by atoms with Crippen molar-refractivity contribution in [1.82, 2.24) is 20.0 Å². The molecular weight excluding hydrogens is 324 g/mol. The number of rotatable bonds is 3. The monoisotopic (exact) mass is 344 g/mol. The van der Waals surface area contributed by atoms with Crippen LogP contribution in [-0.4, -0.2) is 40.1 Å². The van der Waals surface area contributed by atoms with Crippen molar-refractivity contribution in [3.8, 4) is 0 Å². The van der Waals surface area contributed by atoms with E-state index in [0.29, 0.717) is 19.5 Å². The number of carbonyl (C=O) groups is 2. The number of hydrogen-bond acceptors (Lipinski definition) is 4. The van der Waals surface area contributed by atoms with Crippen molar-refractivity contribution in [2.45, 2.75) is 38.3 Å². The third kappa shape index (κ3) is 2.62. The quantitative estimate of drug-likeness (QED) is 0.923. The first kappa shape index (κ1) is 15.4. The fourth-order valence-electron chi connectivity index (χ4n) is 3.60. The van der Waals surface area contributed by atoms with Crippen molar-refractivity contribution >= 4 is 23.2 Å². The van der Waals surface area contributed by atoms with E-state index < -0.39 is 0 Å². The van der Waals surface area contributed by atoms with Crippen LogP contribution in [0.5, 0.6) is 0 Å². The molecule has 1 aliphatic heterocycles. The van der Waals surface area contributed by atoms with Crippen LogP contribution in [0.4, 0.5) is 0 Å². The van der Waals surface area contributed by atoms with Crippen LogP contribution in [-0.2, 0) is 24.2 Å². The topological polar surface area (TPSA) is 67.2 Å². The normalized spacial score (nSPS) is 19.0. The molecule has 1 N–H and O–H groups in total. The molecule has 0 radical (unpaired) electrons. The summed E-state index contributed by atoms with van der Waals surface area (Å²) in [5.74, 6) is 0.0367. The van der Waals surface area contributed by atoms with E-state index in [4.69, 9.17) is 0 Å². The molecule has 6 nitrogen and oxygen atoms in total. The number of hydrogen-bond donors (Lipinski definition) is 1. The van der Waals surface area contributed by atoms with Gasteiger partial charge in [-0.1, -0.05) is 0 Å². The molecule has 2 aliphatic rings. The van der Waals surface area contributed by atoms with Gasteiger partial charge in [-0.3, -0.25) is 14.3 Å². The molecule has 126 valence electrons. The molecule has 0 aromatic carbocycles. The lowest BCUT2D eigenvalue weighted by Gasteiger charge is -2.33. The average Bonchev–Trinajstić information content (AvgIpc) is 3.28. The van der Waals surface area contributed by atoms with Crippen LogP contribution < -0.4 is 5.32 Å². The van der Waals surface area contributed by atoms with Gasteiger partial charge in [0, 0.05) is 24.7 Å². The molecule has 3 heterocycles. The molecule has 2 amide bonds. The number of thiophene rings is 1. The fraction of sp³-hybridized carbons (Fsp3) is 0.471. The lowest BCUT2D eigenvalue weighted by Crippen LogP contribution is -2.42. The van der Waals surface area contributed by atoms with Gasteiger partial charge in [0.15, 0.2) is 0 Å². The predicted octanol–water partition coefficient (Wildman–Crippen LogP) is 1.77. The summed E-state index contributed by atoms with van der Waals surface area (Å²) in [6.45, 7) is 1.06. The zero-order chi connectivity index (χ0) is 16.7. The summed E-state index contributed by atoms with van der Waals surface area (Å²) in [5.41, 5.74) is 2.32. The van der Waals surface area contributed by atoms with Crippen LogP contribution in [0.1, 0.15) is 44.7 Å². The van der Waals surface area contributed by atoms with Crippen LogP contribution in [0.2, 0.25) is 0 Å². The van der Waals surface area contributed by atoms with Gasteiger partial charge in [0.1, 0.15) is 0 Å². The summed E-state index contributed by atoms with van der Waals surface area (Å²) in [5, 5.41) is 6.99. The van der Waals surface area contributed by atoms with Gasteiger partial charge in [-0.2, -0.15) is 5.10 Å². The summed E-state index contributed by atoms with van der Waals surface area (Å²) < 4.78 is 1.88. The maximum absolute atomic E-state index is 12.9. The van der Waals surface area contributed by atoms with Gasteiger partial charge >= 0.3 is 0 Å². The van der Waals surface area contributed by atoms with Gasteiger partial charge in [0.25, 0.3) is 5.91 Å². The van der Waals surface area contributed by atoms with E-state index in [1.54, 1.807) is 24.6 Å². The third-order valence-corrected chi connectivity index (χ3v) is 6.05. The summed E-state index contributed by atoms with van der Waals surface area (Å²) in [6, 6.07) is 3.87. The fourth-order valence-corrected chi connectivity index (χ4v) is 4.82. The zero-order valence-electron chi connectivity index (χ0n) is 13.6. The van der Waals surface area contributed by atoms with Crippen molar-refractivity contribution in [2.75, 3.05) is 13.6 Å². The lowest BCUT2D eigenvalue weighted by molar-refractivity contribution is -0.121. The van der Waals surface area contributed by atoms with Gasteiger partial charge in [-0.25, -0.2) is 0 Å². The highest BCUT2D eigenvalue weighted by Gasteiger charge is 2.31. The first-order valence-electron chi connectivity index (χ1n) is 8.29. The van der Waals surface area contributed by atoms with Crippen molar-refractivity contribution in [3.63, 3.8) is 0 Å². The third-order valence-electron chi connectivity index (χ3n) is 4.83. The summed E-state index contributed by atoms with van der Waals surface area (Å²) in [4.78, 5) is 28.8. The number of amides is 2. The molecule has 0 spiro atoms. The molecule has 7 heteroatoms. The van der Waals surface area contributed by atoms with E-state index in [2.05, 4.69) is 16.5 Å². The Hall–Kier alpha value is -2.15. The molecule has 1 atom stereocenters. The number of fused-ring (bicyclic) bond motifs is 2. The molecule has 0 unspecified atom stereocenters. The molecule has 0 saturated carbocycles. The molecule has 1 aliphatic carbocycles. The van der Waals surface area contributed by atoms with E-state index in [-0.39, 0.29) is 17.9 Å². The number of aromatic nitrogens is 2. The molecule has 2 aromatic rings. The van der Waals surface area contributed by atoms with Crippen molar-refractivity contribution < 1.29 is 9.59 Å². The smallest absolute Gasteiger partial charge is 0.264 e. The first-order valence-corrected chi connectivity index (χ1v) is 9.11. The van der Waals surface area contributed by atoms with E-state index in [0.717, 1.165) is 23.4 Å². The maximum atomic E-state index is 12.9. The van der Waals surface area contributed by atoms with Gasteiger partial charge in [-0.15, -0.1) is 11.3 Å². The Balaban J connectivity index is 1.57. The Kier molecular flexibility index (Phi) is 3.88. The molecule has 0 saturated heterocycles. The van der Waals surface area contributed by atoms with Crippen molar-refractivity contribution in [3.05, 3.63) is 39.3 Å². The largest absolute Gasteiger partial charge is 0.359 e. The Morgan fingerprint density at radius 3 is 3.08 bits per heavy atom. The van der Waals surface area contributed by atoms with E-state index >= 15 is 0 Å². The van der Waals surface area contributed by atoms with E-state index in [1.807, 2.05) is 15.6 Å². The lowest BCUT2D eigenvalue weighted by atomic mass is 10.1. The van der Waals surface area contributed by atoms with Gasteiger partial charge in [0.2, 0.25) is 5.91 Å². The minimum Gasteiger partial charge on any atom is -0.359 e. The van der Waals surface area contributed by atoms with Crippen LogP contribution in [0.15, 0.2) is 18.3 Å². The van der Waals surface area contributed by atoms with Crippen LogP contribution in [0.25, 0.3) is 0 Å². The van der Waals surface area contributed by atoms with Crippen LogP contribution >= 0.6 is 11.3 Å². The average molecular weight is 344 g/mol. The maximum Gasteiger partial charge on any atom is 0.264 e. The second-order valence-corrected chi connectivity index (χ2v) is 7.53. The zero-order valence-corrected chi connectivity index (χ0v) is 14.4. The van der Waals surface area contributed by atoms with Crippen molar-refractivity contribution in [2.24, 2.45) is 0 Å². The number of nitrogens with zero attached hydrogens (tertiary/aromatic N) is 3. The summed E-state index contributed by atoms with van der Waals surface area (Å²) >= 11 is 1.63. The Morgan fingerprint density at radius 2 is 2.29 bits per heavy atom. The molecule has 24 heavy (non-hydrogen) atoms. The minimum atomic E-state index is -0.112. The van der Waals surface area contributed by atoms with E-state index in [9.17, 15) is 9.59 Å². The van der Waals surface area contributed by atoms with Gasteiger partial charge in [0.05, 0.1) is 29.6 Å². The Morgan fingerprint density at radius 1 is 1.42 bits per heavy atom. The highest BCUT2D eigenvalue weighted by atomic mass is 32.1. The minimum absolute atomic E-state index is 0.0363. The SMILES string of the molecule is CNC(=O)C[C@@H]1CN(C(=O)c2cc3c(s2)CCC3)Cc2ccnn21. The molecule has 0 bridgehead atoms. The Bertz CT molecular complexity index is 773. The van der Waals surface area contributed by atoms with Crippen LogP contribution in [0, 0.1) is 0 Å². The second-order valence-electron chi connectivity index (χ2n) is 6.40. The first-order chi connectivity index (χ1) is 11.7. The molecular formula is C17H20N4O2S. The summed E-state index contributed by atoms with van der Waals surface area (Å²) in [6.07, 6.45) is 5.45. The molecule has 4 rings (SSSR count). The predicted molar refractivity (Wildman–Crippen MR) is 91.0 cm³/mol. The highest BCUT2D eigenvalue weighted by Crippen LogP contribution is 2.32. The van der Waals surface area contributed by atoms with Gasteiger partial charge < -0.3 is 10.2 Å². The number of nitrogens with one attached hydrogen (secondary N) is 1. The summed E-state index contributed by atoms with van der Waals surface area (Å²) in [7, 11) is 1.63. The molecule has 0 fully saturated rings. The number of carbonyl (C=O) groups excluding carboxylic acids is 2. The second kappa shape index (κ2) is 6.05. The Labute approximate surface area is 144 Å². The standard InChI is InChI=1S/C17H20N4O2S/c1-18-16(22)8-13-10-20(9-12-5-6-19-21(12)13)17(23)15-7-11-3-2-4-14(11)24-15/h5-7,13H,2-4,8-10H2,1H3,(H,18,22)/t13-/m1/s1. The molecule has 2 aromatic heterocycles. The highest BCUT2D eigenvalue weighted by molar-refractivity contribution is 7.14. The van der Waals surface area contributed by atoms with Gasteiger partial charge in [-0.05, 0) is 37.0 Å². The number of aryl methyl sites for hydroxylation is 2.